The summed E-state index contributed by atoms with van der Waals surface area (Å²) in [7, 11) is -3.86. The van der Waals surface area contributed by atoms with Gasteiger partial charge in [0.15, 0.2) is 0 Å². The lowest BCUT2D eigenvalue weighted by Crippen LogP contribution is -2.34. The summed E-state index contributed by atoms with van der Waals surface area (Å²) in [4.78, 5) is 14.5. The van der Waals surface area contributed by atoms with Crippen molar-refractivity contribution in [3.8, 4) is 0 Å². The summed E-state index contributed by atoms with van der Waals surface area (Å²) >= 11 is 0.832. The number of benzene rings is 1. The van der Waals surface area contributed by atoms with Crippen molar-refractivity contribution < 1.29 is 13.2 Å². The molecule has 1 saturated heterocycles. The highest BCUT2D eigenvalue weighted by atomic mass is 32.2. The number of amides is 1. The van der Waals surface area contributed by atoms with Gasteiger partial charge < -0.3 is 10.2 Å². The van der Waals surface area contributed by atoms with E-state index < -0.39 is 21.5 Å². The van der Waals surface area contributed by atoms with Gasteiger partial charge in [-0.3, -0.25) is 4.79 Å². The van der Waals surface area contributed by atoms with Gasteiger partial charge in [0.05, 0.1) is 0 Å². The van der Waals surface area contributed by atoms with Crippen LogP contribution < -0.4 is 14.9 Å². The van der Waals surface area contributed by atoms with Gasteiger partial charge in [0.1, 0.15) is 0 Å². The summed E-state index contributed by atoms with van der Waals surface area (Å²) in [6.45, 7) is 11.5. The van der Waals surface area contributed by atoms with Gasteiger partial charge in [-0.2, -0.15) is 0 Å². The van der Waals surface area contributed by atoms with Crippen molar-refractivity contribution in [3.63, 3.8) is 0 Å². The first-order chi connectivity index (χ1) is 14.5. The fraction of sp³-hybridized carbons (Fsp3) is 0.571. The van der Waals surface area contributed by atoms with Crippen molar-refractivity contribution in [1.29, 1.82) is 0 Å². The highest BCUT2D eigenvalue weighted by Gasteiger charge is 2.26. The third kappa shape index (κ3) is 6.02. The van der Waals surface area contributed by atoms with Crippen LogP contribution in [0.3, 0.4) is 0 Å². The van der Waals surface area contributed by atoms with Crippen LogP contribution in [0.2, 0.25) is 0 Å². The van der Waals surface area contributed by atoms with E-state index in [1.54, 1.807) is 27.7 Å². The summed E-state index contributed by atoms with van der Waals surface area (Å²) in [5, 5.41) is 10.3. The SMILES string of the molecule is C[C@H]1CCCN(c2ccc([C@H](C)NS(=O)(=O)c3nnc(NC(=O)C(C)(C)C)s3)cc2)C1. The van der Waals surface area contributed by atoms with Crippen molar-refractivity contribution in [1.82, 2.24) is 14.9 Å². The average molecular weight is 466 g/mol. The molecule has 170 valence electrons. The normalized spacial score (nSPS) is 18.6. The van der Waals surface area contributed by atoms with Gasteiger partial charge in [0.2, 0.25) is 15.4 Å². The van der Waals surface area contributed by atoms with Crippen LogP contribution in [0, 0.1) is 11.3 Å². The van der Waals surface area contributed by atoms with Crippen LogP contribution in [0.15, 0.2) is 28.6 Å². The number of carbonyl (C=O) groups excluding carboxylic acids is 1. The Morgan fingerprint density at radius 1 is 1.23 bits per heavy atom. The molecule has 2 aromatic rings. The molecule has 0 spiro atoms. The van der Waals surface area contributed by atoms with E-state index in [1.807, 2.05) is 24.3 Å². The molecule has 0 aliphatic carbocycles. The molecule has 2 heterocycles. The molecule has 1 fully saturated rings. The molecule has 8 nitrogen and oxygen atoms in total. The van der Waals surface area contributed by atoms with E-state index >= 15 is 0 Å². The summed E-state index contributed by atoms with van der Waals surface area (Å²) in [5.41, 5.74) is 1.41. The zero-order chi connectivity index (χ0) is 22.8. The van der Waals surface area contributed by atoms with Crippen LogP contribution in [-0.4, -0.2) is 37.6 Å². The maximum atomic E-state index is 12.7. The van der Waals surface area contributed by atoms with Crippen molar-refractivity contribution in [2.75, 3.05) is 23.3 Å². The van der Waals surface area contributed by atoms with Crippen LogP contribution in [0.5, 0.6) is 0 Å². The molecule has 3 rings (SSSR count). The van der Waals surface area contributed by atoms with Gasteiger partial charge >= 0.3 is 0 Å². The standard InChI is InChI=1S/C21H31N5O3S2/c1-14-7-6-12-26(13-14)17-10-8-16(9-11-17)15(2)25-31(28,29)20-24-23-19(30-20)22-18(27)21(3,4)5/h8-11,14-15,25H,6-7,12-13H2,1-5H3,(H,22,23,27)/t14-,15-/m0/s1. The molecule has 2 atom stereocenters. The molecule has 2 N–H and O–H groups in total. The first kappa shape index (κ1) is 23.6. The molecule has 31 heavy (non-hydrogen) atoms. The topological polar surface area (TPSA) is 104 Å². The zero-order valence-electron chi connectivity index (χ0n) is 18.7. The summed E-state index contributed by atoms with van der Waals surface area (Å²) in [5.74, 6) is 0.432. The van der Waals surface area contributed by atoms with Gasteiger partial charge in [-0.15, -0.1) is 10.2 Å². The first-order valence-corrected chi connectivity index (χ1v) is 12.8. The number of nitrogens with one attached hydrogen (secondary N) is 2. The molecule has 1 amide bonds. The van der Waals surface area contributed by atoms with E-state index in [9.17, 15) is 13.2 Å². The van der Waals surface area contributed by atoms with E-state index in [0.717, 1.165) is 35.7 Å². The van der Waals surface area contributed by atoms with Crippen LogP contribution in [0.25, 0.3) is 0 Å². The number of nitrogens with zero attached hydrogens (tertiary/aromatic N) is 3. The second kappa shape index (κ2) is 9.22. The highest BCUT2D eigenvalue weighted by Crippen LogP contribution is 2.27. The predicted octanol–water partition coefficient (Wildman–Crippen LogP) is 3.80. The third-order valence-corrected chi connectivity index (χ3v) is 8.03. The molecule has 0 unspecified atom stereocenters. The third-order valence-electron chi connectivity index (χ3n) is 5.29. The second-order valence-electron chi connectivity index (χ2n) is 9.21. The molecule has 1 aliphatic heterocycles. The second-order valence-corrected chi connectivity index (χ2v) is 12.1. The Labute approximate surface area is 188 Å². The van der Waals surface area contributed by atoms with Crippen molar-refractivity contribution in [2.24, 2.45) is 11.3 Å². The molecular weight excluding hydrogens is 434 g/mol. The summed E-state index contributed by atoms with van der Waals surface area (Å²) in [6, 6.07) is 7.57. The Bertz CT molecular complexity index is 1010. The Kier molecular flexibility index (Phi) is 7.02. The van der Waals surface area contributed by atoms with Crippen LogP contribution in [-0.2, 0) is 14.8 Å². The molecule has 10 heteroatoms. The smallest absolute Gasteiger partial charge is 0.270 e. The lowest BCUT2D eigenvalue weighted by molar-refractivity contribution is -0.123. The Balaban J connectivity index is 1.65. The molecule has 1 aromatic carbocycles. The number of hydrogen-bond acceptors (Lipinski definition) is 7. The first-order valence-electron chi connectivity index (χ1n) is 10.5. The van der Waals surface area contributed by atoms with Crippen molar-refractivity contribution >= 4 is 38.1 Å². The molecular formula is C21H31N5O3S2. The number of rotatable bonds is 6. The van der Waals surface area contributed by atoms with Crippen molar-refractivity contribution in [2.45, 2.75) is 57.8 Å². The minimum atomic E-state index is -3.86. The molecule has 0 bridgehead atoms. The monoisotopic (exact) mass is 465 g/mol. The van der Waals surface area contributed by atoms with Gasteiger partial charge in [-0.25, -0.2) is 13.1 Å². The molecule has 0 saturated carbocycles. The van der Waals surface area contributed by atoms with Gasteiger partial charge in [-0.1, -0.05) is 51.2 Å². The van der Waals surface area contributed by atoms with Crippen LogP contribution in [0.1, 0.15) is 59.1 Å². The van der Waals surface area contributed by atoms with Gasteiger partial charge in [-0.05, 0) is 43.4 Å². The minimum Gasteiger partial charge on any atom is -0.371 e. The highest BCUT2D eigenvalue weighted by molar-refractivity contribution is 7.91. The number of piperidine rings is 1. The predicted molar refractivity (Wildman–Crippen MR) is 124 cm³/mol. The zero-order valence-corrected chi connectivity index (χ0v) is 20.3. The Morgan fingerprint density at radius 3 is 2.52 bits per heavy atom. The Morgan fingerprint density at radius 2 is 1.90 bits per heavy atom. The van der Waals surface area contributed by atoms with Crippen molar-refractivity contribution in [3.05, 3.63) is 29.8 Å². The average Bonchev–Trinajstić information content (AvgIpc) is 3.16. The molecule has 1 aliphatic rings. The summed E-state index contributed by atoms with van der Waals surface area (Å²) < 4.78 is 27.9. The Hall–Kier alpha value is -2.04. The lowest BCUT2D eigenvalue weighted by atomic mass is 9.96. The van der Waals surface area contributed by atoms with Gasteiger partial charge in [0.25, 0.3) is 10.0 Å². The molecule has 0 radical (unpaired) electrons. The van der Waals surface area contributed by atoms with E-state index in [-0.39, 0.29) is 15.4 Å². The van der Waals surface area contributed by atoms with Crippen LogP contribution in [0.4, 0.5) is 10.8 Å². The lowest BCUT2D eigenvalue weighted by Gasteiger charge is -2.33. The van der Waals surface area contributed by atoms with Crippen LogP contribution >= 0.6 is 11.3 Å². The van der Waals surface area contributed by atoms with Gasteiger partial charge in [0, 0.05) is 30.2 Å². The summed E-state index contributed by atoms with van der Waals surface area (Å²) in [6.07, 6.45) is 2.46. The maximum absolute atomic E-state index is 12.7. The number of carbonyl (C=O) groups is 1. The quantitative estimate of drug-likeness (QED) is 0.629. The largest absolute Gasteiger partial charge is 0.371 e. The van der Waals surface area contributed by atoms with E-state index in [4.69, 9.17) is 0 Å². The van der Waals surface area contributed by atoms with E-state index in [0.29, 0.717) is 5.92 Å². The maximum Gasteiger partial charge on any atom is 0.270 e. The number of sulfonamides is 1. The van der Waals surface area contributed by atoms with E-state index in [1.165, 1.54) is 12.8 Å². The number of anilines is 2. The fourth-order valence-electron chi connectivity index (χ4n) is 3.40. The number of hydrogen-bond donors (Lipinski definition) is 2. The van der Waals surface area contributed by atoms with E-state index in [2.05, 4.69) is 32.1 Å². The number of aromatic nitrogens is 2. The minimum absolute atomic E-state index is 0.160. The molecule has 1 aromatic heterocycles. The fourth-order valence-corrected chi connectivity index (χ4v) is 5.55.